The quantitative estimate of drug-likeness (QED) is 0.735. The zero-order valence-corrected chi connectivity index (χ0v) is 8.14. The van der Waals surface area contributed by atoms with Crippen LogP contribution < -0.4 is 5.73 Å². The van der Waals surface area contributed by atoms with Crippen molar-refractivity contribution >= 4 is 6.09 Å². The van der Waals surface area contributed by atoms with Crippen LogP contribution in [0.15, 0.2) is 30.3 Å². The molecule has 0 radical (unpaired) electrons. The lowest BCUT2D eigenvalue weighted by Gasteiger charge is -2.15. The molecule has 1 amide bonds. The first-order valence-corrected chi connectivity index (χ1v) is 4.36. The maximum Gasteiger partial charge on any atom is 0.411 e. The van der Waals surface area contributed by atoms with Gasteiger partial charge in [-0.05, 0) is 5.56 Å². The average Bonchev–Trinajstić information content (AvgIpc) is 2.19. The number of hydrogen-bond donors (Lipinski definition) is 1. The van der Waals surface area contributed by atoms with E-state index in [2.05, 4.69) is 4.74 Å². The summed E-state index contributed by atoms with van der Waals surface area (Å²) in [6.07, 6.45) is -0.406. The fourth-order valence-corrected chi connectivity index (χ4v) is 1.10. The van der Waals surface area contributed by atoms with Gasteiger partial charge in [0.25, 0.3) is 0 Å². The van der Waals surface area contributed by atoms with Crippen LogP contribution in [0.2, 0.25) is 0 Å². The smallest absolute Gasteiger partial charge is 0.411 e. The SMILES string of the molecule is CN(Cc1ccccc1)C(=O)OCN. The van der Waals surface area contributed by atoms with Crippen LogP contribution in [-0.4, -0.2) is 24.8 Å². The Hall–Kier alpha value is -1.55. The highest BCUT2D eigenvalue weighted by Gasteiger charge is 2.08. The summed E-state index contributed by atoms with van der Waals surface area (Å²) in [4.78, 5) is 12.6. The number of amides is 1. The molecule has 1 aromatic carbocycles. The van der Waals surface area contributed by atoms with E-state index in [-0.39, 0.29) is 6.73 Å². The lowest BCUT2D eigenvalue weighted by molar-refractivity contribution is 0.111. The summed E-state index contributed by atoms with van der Waals surface area (Å²) in [5.74, 6) is 0. The molecule has 76 valence electrons. The molecule has 1 aromatic rings. The van der Waals surface area contributed by atoms with Gasteiger partial charge in [0.1, 0.15) is 6.73 Å². The van der Waals surface area contributed by atoms with Crippen molar-refractivity contribution in [1.82, 2.24) is 4.90 Å². The van der Waals surface area contributed by atoms with Gasteiger partial charge in [-0.15, -0.1) is 0 Å². The summed E-state index contributed by atoms with van der Waals surface area (Å²) in [7, 11) is 1.67. The Bertz CT molecular complexity index is 287. The average molecular weight is 194 g/mol. The Kier molecular flexibility index (Phi) is 3.94. The third kappa shape index (κ3) is 3.06. The summed E-state index contributed by atoms with van der Waals surface area (Å²) in [5.41, 5.74) is 6.15. The van der Waals surface area contributed by atoms with Crippen LogP contribution in [0.25, 0.3) is 0 Å². The Morgan fingerprint density at radius 3 is 2.64 bits per heavy atom. The second kappa shape index (κ2) is 5.24. The van der Waals surface area contributed by atoms with Crippen LogP contribution >= 0.6 is 0 Å². The molecule has 0 spiro atoms. The molecule has 0 aliphatic rings. The van der Waals surface area contributed by atoms with E-state index in [0.717, 1.165) is 5.56 Å². The Morgan fingerprint density at radius 2 is 2.07 bits per heavy atom. The molecular formula is C10H14N2O2. The number of nitrogens with two attached hydrogens (primary N) is 1. The van der Waals surface area contributed by atoms with Gasteiger partial charge in [-0.25, -0.2) is 4.79 Å². The van der Waals surface area contributed by atoms with Gasteiger partial charge >= 0.3 is 6.09 Å². The summed E-state index contributed by atoms with van der Waals surface area (Å²) in [6, 6.07) is 9.69. The van der Waals surface area contributed by atoms with Crippen LogP contribution in [0, 0.1) is 0 Å². The van der Waals surface area contributed by atoms with Crippen molar-refractivity contribution < 1.29 is 9.53 Å². The molecular weight excluding hydrogens is 180 g/mol. The molecule has 0 aromatic heterocycles. The number of rotatable bonds is 3. The van der Waals surface area contributed by atoms with Crippen molar-refractivity contribution in [1.29, 1.82) is 0 Å². The van der Waals surface area contributed by atoms with E-state index in [1.807, 2.05) is 30.3 Å². The van der Waals surface area contributed by atoms with Crippen molar-refractivity contribution in [2.75, 3.05) is 13.8 Å². The first kappa shape index (κ1) is 10.5. The second-order valence-corrected chi connectivity index (χ2v) is 2.92. The lowest BCUT2D eigenvalue weighted by Crippen LogP contribution is -2.28. The second-order valence-electron chi connectivity index (χ2n) is 2.92. The predicted molar refractivity (Wildman–Crippen MR) is 53.4 cm³/mol. The topological polar surface area (TPSA) is 55.6 Å². The number of nitrogens with zero attached hydrogens (tertiary/aromatic N) is 1. The molecule has 2 N–H and O–H groups in total. The van der Waals surface area contributed by atoms with Gasteiger partial charge < -0.3 is 9.64 Å². The van der Waals surface area contributed by atoms with Gasteiger partial charge in [-0.1, -0.05) is 30.3 Å². The van der Waals surface area contributed by atoms with Gasteiger partial charge in [0.15, 0.2) is 0 Å². The van der Waals surface area contributed by atoms with E-state index in [1.165, 1.54) is 4.90 Å². The third-order valence-corrected chi connectivity index (χ3v) is 1.78. The molecule has 0 atom stereocenters. The van der Waals surface area contributed by atoms with E-state index >= 15 is 0 Å². The lowest BCUT2D eigenvalue weighted by atomic mass is 10.2. The van der Waals surface area contributed by atoms with Crippen LogP contribution in [0.5, 0.6) is 0 Å². The Morgan fingerprint density at radius 1 is 1.43 bits per heavy atom. The number of carbonyl (C=O) groups excluding carboxylic acids is 1. The van der Waals surface area contributed by atoms with Gasteiger partial charge in [0.05, 0.1) is 0 Å². The van der Waals surface area contributed by atoms with Gasteiger partial charge in [0, 0.05) is 13.6 Å². The van der Waals surface area contributed by atoms with Crippen LogP contribution in [0.3, 0.4) is 0 Å². The van der Waals surface area contributed by atoms with Crippen molar-refractivity contribution in [2.45, 2.75) is 6.54 Å². The van der Waals surface area contributed by atoms with Gasteiger partial charge in [-0.3, -0.25) is 5.73 Å². The maximum atomic E-state index is 11.2. The van der Waals surface area contributed by atoms with Crippen molar-refractivity contribution in [3.05, 3.63) is 35.9 Å². The number of hydrogen-bond acceptors (Lipinski definition) is 3. The van der Waals surface area contributed by atoms with Gasteiger partial charge in [0.2, 0.25) is 0 Å². The largest absolute Gasteiger partial charge is 0.434 e. The van der Waals surface area contributed by atoms with E-state index in [1.54, 1.807) is 7.05 Å². The number of ether oxygens (including phenoxy) is 1. The normalized spacial score (nSPS) is 9.57. The zero-order chi connectivity index (χ0) is 10.4. The summed E-state index contributed by atoms with van der Waals surface area (Å²) < 4.78 is 4.64. The minimum atomic E-state index is -0.406. The van der Waals surface area contributed by atoms with E-state index in [9.17, 15) is 4.79 Å². The molecule has 1 rings (SSSR count). The summed E-state index contributed by atoms with van der Waals surface area (Å²) >= 11 is 0. The molecule has 0 bridgehead atoms. The molecule has 4 heteroatoms. The number of carbonyl (C=O) groups is 1. The van der Waals surface area contributed by atoms with Crippen LogP contribution in [0.4, 0.5) is 4.79 Å². The highest BCUT2D eigenvalue weighted by Crippen LogP contribution is 2.03. The highest BCUT2D eigenvalue weighted by molar-refractivity contribution is 5.67. The molecule has 0 heterocycles. The van der Waals surface area contributed by atoms with Crippen molar-refractivity contribution in [3.63, 3.8) is 0 Å². The zero-order valence-electron chi connectivity index (χ0n) is 8.14. The molecule has 0 unspecified atom stereocenters. The Labute approximate surface area is 83.3 Å². The minimum Gasteiger partial charge on any atom is -0.434 e. The highest BCUT2D eigenvalue weighted by atomic mass is 16.6. The first-order chi connectivity index (χ1) is 6.74. The molecule has 0 aliphatic heterocycles. The van der Waals surface area contributed by atoms with Crippen LogP contribution in [-0.2, 0) is 11.3 Å². The minimum absolute atomic E-state index is 0.0854. The first-order valence-electron chi connectivity index (χ1n) is 4.36. The molecule has 4 nitrogen and oxygen atoms in total. The maximum absolute atomic E-state index is 11.2. The van der Waals surface area contributed by atoms with Crippen molar-refractivity contribution in [2.24, 2.45) is 5.73 Å². The predicted octanol–water partition coefficient (Wildman–Crippen LogP) is 1.17. The molecule has 14 heavy (non-hydrogen) atoms. The molecule has 0 aliphatic carbocycles. The van der Waals surface area contributed by atoms with Crippen LogP contribution in [0.1, 0.15) is 5.56 Å². The number of benzene rings is 1. The fourth-order valence-electron chi connectivity index (χ4n) is 1.10. The van der Waals surface area contributed by atoms with Gasteiger partial charge in [-0.2, -0.15) is 0 Å². The molecule has 0 saturated heterocycles. The third-order valence-electron chi connectivity index (χ3n) is 1.78. The summed E-state index contributed by atoms with van der Waals surface area (Å²) in [6.45, 7) is 0.442. The molecule has 0 saturated carbocycles. The van der Waals surface area contributed by atoms with E-state index in [0.29, 0.717) is 6.54 Å². The standard InChI is InChI=1S/C10H14N2O2/c1-12(10(13)14-8-11)7-9-5-3-2-4-6-9/h2-6H,7-8,11H2,1H3. The van der Waals surface area contributed by atoms with Crippen molar-refractivity contribution in [3.8, 4) is 0 Å². The fraction of sp³-hybridized carbons (Fsp3) is 0.300. The monoisotopic (exact) mass is 194 g/mol. The molecule has 0 fully saturated rings. The van der Waals surface area contributed by atoms with E-state index in [4.69, 9.17) is 5.73 Å². The Balaban J connectivity index is 2.49. The summed E-state index contributed by atoms with van der Waals surface area (Å²) in [5, 5.41) is 0. The van der Waals surface area contributed by atoms with E-state index < -0.39 is 6.09 Å².